The maximum Gasteiger partial charge on any atom is 0.264 e. The molecule has 2 amide bonds. The number of nitrogens with one attached hydrogen (secondary N) is 1. The van der Waals surface area contributed by atoms with Crippen molar-refractivity contribution in [3.05, 3.63) is 94.5 Å². The van der Waals surface area contributed by atoms with Crippen LogP contribution in [0.3, 0.4) is 0 Å². The normalized spacial score (nSPS) is 12.0. The van der Waals surface area contributed by atoms with Crippen LogP contribution in [-0.2, 0) is 26.2 Å². The van der Waals surface area contributed by atoms with Gasteiger partial charge in [0.25, 0.3) is 10.0 Å². The van der Waals surface area contributed by atoms with Crippen molar-refractivity contribution in [2.45, 2.75) is 44.7 Å². The van der Waals surface area contributed by atoms with Crippen LogP contribution in [0, 0.1) is 6.92 Å². The largest absolute Gasteiger partial charge is 0.354 e. The molecule has 196 valence electrons. The zero-order valence-corrected chi connectivity index (χ0v) is 23.6. The van der Waals surface area contributed by atoms with Crippen molar-refractivity contribution in [3.8, 4) is 0 Å². The number of carbonyl (C=O) groups is 2. The maximum atomic E-state index is 13.8. The first-order valence-electron chi connectivity index (χ1n) is 12.1. The second kappa shape index (κ2) is 12.9. The highest BCUT2D eigenvalue weighted by atomic mass is 79.9. The summed E-state index contributed by atoms with van der Waals surface area (Å²) in [5.41, 5.74) is 2.14. The molecule has 0 bridgehead atoms. The van der Waals surface area contributed by atoms with Gasteiger partial charge in [-0.25, -0.2) is 8.42 Å². The number of aryl methyl sites for hydroxylation is 1. The summed E-state index contributed by atoms with van der Waals surface area (Å²) in [7, 11) is -4.06. The molecule has 0 unspecified atom stereocenters. The third-order valence-electron chi connectivity index (χ3n) is 5.89. The molecule has 1 atom stereocenters. The number of hydrogen-bond donors (Lipinski definition) is 1. The predicted molar refractivity (Wildman–Crippen MR) is 150 cm³/mol. The van der Waals surface area contributed by atoms with Crippen molar-refractivity contribution in [2.24, 2.45) is 0 Å². The average molecular weight is 587 g/mol. The quantitative estimate of drug-likeness (QED) is 0.347. The van der Waals surface area contributed by atoms with E-state index in [1.807, 2.05) is 38.1 Å². The smallest absolute Gasteiger partial charge is 0.264 e. The number of hydrogen-bond acceptors (Lipinski definition) is 4. The van der Waals surface area contributed by atoms with Crippen LogP contribution in [0.4, 0.5) is 5.69 Å². The third kappa shape index (κ3) is 7.42. The van der Waals surface area contributed by atoms with Crippen LogP contribution in [0.2, 0.25) is 0 Å². The summed E-state index contributed by atoms with van der Waals surface area (Å²) in [6, 6.07) is 21.6. The van der Waals surface area contributed by atoms with Crippen molar-refractivity contribution in [1.82, 2.24) is 10.2 Å². The highest BCUT2D eigenvalue weighted by molar-refractivity contribution is 9.10. The first kappa shape index (κ1) is 28.4. The molecule has 3 rings (SSSR count). The minimum absolute atomic E-state index is 0.0793. The van der Waals surface area contributed by atoms with E-state index in [0.717, 1.165) is 26.3 Å². The lowest BCUT2D eigenvalue weighted by Crippen LogP contribution is -2.51. The van der Waals surface area contributed by atoms with E-state index in [1.165, 1.54) is 17.0 Å². The number of sulfonamides is 1. The van der Waals surface area contributed by atoms with Gasteiger partial charge in [-0.1, -0.05) is 70.9 Å². The van der Waals surface area contributed by atoms with Gasteiger partial charge >= 0.3 is 0 Å². The summed E-state index contributed by atoms with van der Waals surface area (Å²) in [6.07, 6.45) is 0.758. The molecule has 37 heavy (non-hydrogen) atoms. The molecule has 0 aliphatic heterocycles. The second-order valence-corrected chi connectivity index (χ2v) is 11.6. The highest BCUT2D eigenvalue weighted by Gasteiger charge is 2.32. The van der Waals surface area contributed by atoms with Crippen LogP contribution in [0.25, 0.3) is 0 Å². The van der Waals surface area contributed by atoms with Crippen molar-refractivity contribution in [1.29, 1.82) is 0 Å². The molecular formula is C28H32BrN3O4S. The van der Waals surface area contributed by atoms with Crippen molar-refractivity contribution in [3.63, 3.8) is 0 Å². The zero-order chi connectivity index (χ0) is 27.0. The Bertz CT molecular complexity index is 1310. The fraction of sp³-hybridized carbons (Fsp3) is 0.286. The lowest BCUT2D eigenvalue weighted by molar-refractivity contribution is -0.139. The van der Waals surface area contributed by atoms with E-state index < -0.39 is 28.5 Å². The Hall–Kier alpha value is -3.17. The van der Waals surface area contributed by atoms with Gasteiger partial charge in [-0.15, -0.1) is 0 Å². The number of nitrogens with zero attached hydrogens (tertiary/aromatic N) is 2. The van der Waals surface area contributed by atoms with Crippen LogP contribution in [0.15, 0.2) is 88.2 Å². The van der Waals surface area contributed by atoms with Crippen molar-refractivity contribution >= 4 is 43.5 Å². The number of benzene rings is 3. The van der Waals surface area contributed by atoms with E-state index in [0.29, 0.717) is 12.2 Å². The van der Waals surface area contributed by atoms with E-state index in [1.54, 1.807) is 49.4 Å². The first-order chi connectivity index (χ1) is 17.6. The van der Waals surface area contributed by atoms with Gasteiger partial charge < -0.3 is 10.2 Å². The van der Waals surface area contributed by atoms with Crippen LogP contribution in [0.1, 0.15) is 31.4 Å². The summed E-state index contributed by atoms with van der Waals surface area (Å²) in [5, 5.41) is 2.84. The minimum Gasteiger partial charge on any atom is -0.354 e. The molecule has 0 heterocycles. The van der Waals surface area contributed by atoms with E-state index in [4.69, 9.17) is 0 Å². The predicted octanol–water partition coefficient (Wildman–Crippen LogP) is 4.90. The Balaban J connectivity index is 2.00. The Morgan fingerprint density at radius 1 is 0.973 bits per heavy atom. The van der Waals surface area contributed by atoms with Crippen LogP contribution < -0.4 is 9.62 Å². The molecule has 0 spiro atoms. The molecule has 0 fully saturated rings. The Labute approximate surface area is 227 Å². The van der Waals surface area contributed by atoms with Gasteiger partial charge in [-0.05, 0) is 62.2 Å². The Morgan fingerprint density at radius 2 is 1.65 bits per heavy atom. The molecule has 0 radical (unpaired) electrons. The van der Waals surface area contributed by atoms with Crippen LogP contribution >= 0.6 is 15.9 Å². The van der Waals surface area contributed by atoms with E-state index in [2.05, 4.69) is 21.2 Å². The molecule has 0 aliphatic carbocycles. The molecule has 7 nitrogen and oxygen atoms in total. The fourth-order valence-corrected chi connectivity index (χ4v) is 5.65. The zero-order valence-electron chi connectivity index (χ0n) is 21.2. The van der Waals surface area contributed by atoms with E-state index >= 15 is 0 Å². The number of rotatable bonds is 11. The van der Waals surface area contributed by atoms with Gasteiger partial charge in [0.15, 0.2) is 0 Å². The minimum atomic E-state index is -4.06. The molecule has 0 saturated carbocycles. The van der Waals surface area contributed by atoms with Gasteiger partial charge in [0.05, 0.1) is 10.6 Å². The summed E-state index contributed by atoms with van der Waals surface area (Å²) >= 11 is 3.45. The van der Waals surface area contributed by atoms with Crippen molar-refractivity contribution < 1.29 is 18.0 Å². The number of carbonyl (C=O) groups excluding carboxylic acids is 2. The van der Waals surface area contributed by atoms with Crippen molar-refractivity contribution in [2.75, 3.05) is 17.4 Å². The standard InChI is InChI=1S/C28H32BrN3O4S/c1-4-17-30-28(34)22(3)31(19-23-9-8-10-24(29)18-23)27(33)20-32(25-15-13-21(2)14-16-25)37(35,36)26-11-6-5-7-12-26/h5-16,18,22H,4,17,19-20H2,1-3H3,(H,30,34)/t22-/m1/s1. The lowest BCUT2D eigenvalue weighted by Gasteiger charge is -2.32. The molecule has 9 heteroatoms. The first-order valence-corrected chi connectivity index (χ1v) is 14.3. The van der Waals surface area contributed by atoms with Gasteiger partial charge in [0.2, 0.25) is 11.8 Å². The topological polar surface area (TPSA) is 86.8 Å². The molecule has 0 saturated heterocycles. The molecule has 3 aromatic carbocycles. The number of amides is 2. The van der Waals surface area contributed by atoms with Gasteiger partial charge in [0, 0.05) is 17.6 Å². The average Bonchev–Trinajstić information content (AvgIpc) is 2.89. The van der Waals surface area contributed by atoms with Crippen LogP contribution in [0.5, 0.6) is 0 Å². The molecule has 0 aliphatic rings. The Morgan fingerprint density at radius 3 is 2.27 bits per heavy atom. The van der Waals surface area contributed by atoms with Gasteiger partial charge in [-0.3, -0.25) is 13.9 Å². The van der Waals surface area contributed by atoms with Crippen LogP contribution in [-0.4, -0.2) is 44.3 Å². The second-order valence-electron chi connectivity index (χ2n) is 8.78. The summed E-state index contributed by atoms with van der Waals surface area (Å²) in [6.45, 7) is 5.68. The number of halogens is 1. The summed E-state index contributed by atoms with van der Waals surface area (Å²) in [4.78, 5) is 28.2. The Kier molecular flexibility index (Phi) is 9.88. The highest BCUT2D eigenvalue weighted by Crippen LogP contribution is 2.25. The monoisotopic (exact) mass is 585 g/mol. The number of anilines is 1. The molecule has 1 N–H and O–H groups in total. The SMILES string of the molecule is CCCNC(=O)[C@@H](C)N(Cc1cccc(Br)c1)C(=O)CN(c1ccc(C)cc1)S(=O)(=O)c1ccccc1. The van der Waals surface area contributed by atoms with Gasteiger partial charge in [0.1, 0.15) is 12.6 Å². The maximum absolute atomic E-state index is 13.8. The van der Waals surface area contributed by atoms with E-state index in [-0.39, 0.29) is 17.3 Å². The summed E-state index contributed by atoms with van der Waals surface area (Å²) in [5.74, 6) is -0.780. The lowest BCUT2D eigenvalue weighted by atomic mass is 10.1. The fourth-order valence-electron chi connectivity index (χ4n) is 3.77. The van der Waals surface area contributed by atoms with Gasteiger partial charge in [-0.2, -0.15) is 0 Å². The third-order valence-corrected chi connectivity index (χ3v) is 8.17. The van der Waals surface area contributed by atoms with E-state index in [9.17, 15) is 18.0 Å². The summed E-state index contributed by atoms with van der Waals surface area (Å²) < 4.78 is 29.3. The molecular weight excluding hydrogens is 554 g/mol. The molecule has 3 aromatic rings. The molecule has 0 aromatic heterocycles.